The quantitative estimate of drug-likeness (QED) is 0.726. The number of aromatic nitrogens is 2. The molecule has 0 aliphatic heterocycles. The van der Waals surface area contributed by atoms with Gasteiger partial charge in [-0.15, -0.1) is 0 Å². The van der Waals surface area contributed by atoms with Crippen LogP contribution in [-0.2, 0) is 4.79 Å². The molecule has 1 heterocycles. The Morgan fingerprint density at radius 2 is 2.13 bits per heavy atom. The van der Waals surface area contributed by atoms with Crippen molar-refractivity contribution in [1.29, 1.82) is 0 Å². The standard InChI is InChI=1S/C16H24N4O3/c1-4-16(9(2)3,15(17)23)20-14(22)11-8-18-12(19-13(11)21)10-6-5-7-10/h8-10H,4-7H2,1-3H3,(H2,17,23)(H,20,22)(H,18,19,21). The van der Waals surface area contributed by atoms with Gasteiger partial charge in [0.25, 0.3) is 11.5 Å². The molecule has 0 aromatic carbocycles. The summed E-state index contributed by atoms with van der Waals surface area (Å²) >= 11 is 0. The number of nitrogens with zero attached hydrogens (tertiary/aromatic N) is 1. The van der Waals surface area contributed by atoms with Crippen molar-refractivity contribution in [3.63, 3.8) is 0 Å². The lowest BCUT2D eigenvalue weighted by Gasteiger charge is -2.34. The molecule has 1 aromatic rings. The lowest BCUT2D eigenvalue weighted by molar-refractivity contribution is -0.126. The predicted octanol–water partition coefficient (Wildman–Crippen LogP) is 1.06. The Balaban J connectivity index is 2.26. The molecule has 1 aromatic heterocycles. The van der Waals surface area contributed by atoms with Crippen LogP contribution >= 0.6 is 0 Å². The van der Waals surface area contributed by atoms with Crippen molar-refractivity contribution in [3.05, 3.63) is 27.9 Å². The Kier molecular flexibility index (Phi) is 4.87. The van der Waals surface area contributed by atoms with E-state index in [4.69, 9.17) is 5.73 Å². The molecule has 23 heavy (non-hydrogen) atoms. The first-order chi connectivity index (χ1) is 10.8. The minimum Gasteiger partial charge on any atom is -0.368 e. The molecular formula is C16H24N4O3. The van der Waals surface area contributed by atoms with Crippen LogP contribution in [0.3, 0.4) is 0 Å². The number of H-pyrrole nitrogens is 1. The van der Waals surface area contributed by atoms with Crippen LogP contribution in [0.5, 0.6) is 0 Å². The third-order valence-corrected chi connectivity index (χ3v) is 4.88. The zero-order chi connectivity index (χ0) is 17.2. The Morgan fingerprint density at radius 1 is 1.48 bits per heavy atom. The number of rotatable bonds is 6. The van der Waals surface area contributed by atoms with Crippen molar-refractivity contribution in [2.45, 2.75) is 57.9 Å². The maximum absolute atomic E-state index is 12.4. The number of hydrogen-bond acceptors (Lipinski definition) is 4. The SMILES string of the molecule is CCC(NC(=O)c1cnc(C2CCC2)[nH]c1=O)(C(N)=O)C(C)C. The van der Waals surface area contributed by atoms with Crippen LogP contribution in [0.4, 0.5) is 0 Å². The van der Waals surface area contributed by atoms with Crippen molar-refractivity contribution < 1.29 is 9.59 Å². The molecule has 4 N–H and O–H groups in total. The number of hydrogen-bond donors (Lipinski definition) is 3. The lowest BCUT2D eigenvalue weighted by Crippen LogP contribution is -2.61. The second-order valence-electron chi connectivity index (χ2n) is 6.44. The normalized spacial score (nSPS) is 17.4. The highest BCUT2D eigenvalue weighted by Gasteiger charge is 2.40. The molecule has 1 unspecified atom stereocenters. The van der Waals surface area contributed by atoms with Crippen molar-refractivity contribution in [2.24, 2.45) is 11.7 Å². The van der Waals surface area contributed by atoms with Crippen LogP contribution in [0, 0.1) is 5.92 Å². The zero-order valence-electron chi connectivity index (χ0n) is 13.8. The number of nitrogens with one attached hydrogen (secondary N) is 2. The van der Waals surface area contributed by atoms with Gasteiger partial charge in [0, 0.05) is 12.1 Å². The number of carbonyl (C=O) groups is 2. The summed E-state index contributed by atoms with van der Waals surface area (Å²) in [6, 6.07) is 0. The lowest BCUT2D eigenvalue weighted by atomic mass is 9.83. The van der Waals surface area contributed by atoms with Gasteiger partial charge >= 0.3 is 0 Å². The van der Waals surface area contributed by atoms with Crippen LogP contribution < -0.4 is 16.6 Å². The number of aromatic amines is 1. The Morgan fingerprint density at radius 3 is 2.52 bits per heavy atom. The summed E-state index contributed by atoms with van der Waals surface area (Å²) in [5, 5.41) is 2.64. The summed E-state index contributed by atoms with van der Waals surface area (Å²) in [4.78, 5) is 43.3. The molecule has 0 bridgehead atoms. The van der Waals surface area contributed by atoms with Gasteiger partial charge < -0.3 is 16.0 Å². The average molecular weight is 320 g/mol. The number of nitrogens with two attached hydrogens (primary N) is 1. The average Bonchev–Trinajstić information content (AvgIpc) is 2.42. The minimum atomic E-state index is -1.18. The Bertz CT molecular complexity index is 664. The van der Waals surface area contributed by atoms with E-state index in [9.17, 15) is 14.4 Å². The van der Waals surface area contributed by atoms with E-state index >= 15 is 0 Å². The molecule has 1 aliphatic rings. The van der Waals surface area contributed by atoms with Gasteiger partial charge in [0.2, 0.25) is 5.91 Å². The molecule has 126 valence electrons. The van der Waals surface area contributed by atoms with Gasteiger partial charge in [0.15, 0.2) is 0 Å². The van der Waals surface area contributed by atoms with Gasteiger partial charge in [-0.3, -0.25) is 14.4 Å². The van der Waals surface area contributed by atoms with Crippen LogP contribution in [0.25, 0.3) is 0 Å². The van der Waals surface area contributed by atoms with Crippen molar-refractivity contribution in [3.8, 4) is 0 Å². The summed E-state index contributed by atoms with van der Waals surface area (Å²) in [7, 11) is 0. The number of amides is 2. The van der Waals surface area contributed by atoms with E-state index in [1.54, 1.807) is 20.8 Å². The molecule has 0 saturated heterocycles. The van der Waals surface area contributed by atoms with Gasteiger partial charge in [-0.2, -0.15) is 0 Å². The van der Waals surface area contributed by atoms with E-state index in [0.717, 1.165) is 19.3 Å². The maximum Gasteiger partial charge on any atom is 0.263 e. The van der Waals surface area contributed by atoms with Crippen LogP contribution in [-0.4, -0.2) is 27.3 Å². The number of primary amides is 1. The van der Waals surface area contributed by atoms with Crippen molar-refractivity contribution in [1.82, 2.24) is 15.3 Å². The largest absolute Gasteiger partial charge is 0.368 e. The molecule has 1 fully saturated rings. The van der Waals surface area contributed by atoms with E-state index < -0.39 is 22.9 Å². The summed E-state index contributed by atoms with van der Waals surface area (Å²) in [5.74, 6) is -0.545. The van der Waals surface area contributed by atoms with E-state index in [0.29, 0.717) is 12.2 Å². The first-order valence-corrected chi connectivity index (χ1v) is 8.03. The van der Waals surface area contributed by atoms with Gasteiger partial charge in [0.05, 0.1) is 0 Å². The van der Waals surface area contributed by atoms with Gasteiger partial charge in [-0.1, -0.05) is 27.2 Å². The molecule has 2 rings (SSSR count). The van der Waals surface area contributed by atoms with Gasteiger partial charge in [-0.05, 0) is 25.2 Å². The highest BCUT2D eigenvalue weighted by molar-refractivity contribution is 5.98. The highest BCUT2D eigenvalue weighted by Crippen LogP contribution is 2.33. The smallest absolute Gasteiger partial charge is 0.263 e. The molecular weight excluding hydrogens is 296 g/mol. The molecule has 7 nitrogen and oxygen atoms in total. The molecule has 7 heteroatoms. The fourth-order valence-corrected chi connectivity index (χ4v) is 2.89. The molecule has 2 amide bonds. The van der Waals surface area contributed by atoms with Crippen LogP contribution in [0.1, 0.15) is 68.6 Å². The van der Waals surface area contributed by atoms with E-state index in [1.165, 1.54) is 6.20 Å². The molecule has 0 radical (unpaired) electrons. The summed E-state index contributed by atoms with van der Waals surface area (Å²) in [5.41, 5.74) is 3.71. The van der Waals surface area contributed by atoms with E-state index in [-0.39, 0.29) is 17.4 Å². The van der Waals surface area contributed by atoms with Crippen molar-refractivity contribution in [2.75, 3.05) is 0 Å². The van der Waals surface area contributed by atoms with Gasteiger partial charge in [0.1, 0.15) is 16.9 Å². The molecule has 0 spiro atoms. The topological polar surface area (TPSA) is 118 Å². The second-order valence-corrected chi connectivity index (χ2v) is 6.44. The zero-order valence-corrected chi connectivity index (χ0v) is 13.8. The van der Waals surface area contributed by atoms with E-state index in [1.807, 2.05) is 0 Å². The Hall–Kier alpha value is -2.18. The molecule has 1 atom stereocenters. The van der Waals surface area contributed by atoms with Gasteiger partial charge in [-0.25, -0.2) is 4.98 Å². The summed E-state index contributed by atoms with van der Waals surface area (Å²) in [6.45, 7) is 5.38. The summed E-state index contributed by atoms with van der Waals surface area (Å²) in [6.07, 6.45) is 4.76. The third kappa shape index (κ3) is 3.13. The summed E-state index contributed by atoms with van der Waals surface area (Å²) < 4.78 is 0. The predicted molar refractivity (Wildman–Crippen MR) is 86.0 cm³/mol. The Labute approximate surface area is 135 Å². The minimum absolute atomic E-state index is 0.104. The first kappa shape index (κ1) is 17.2. The fourth-order valence-electron chi connectivity index (χ4n) is 2.89. The highest BCUT2D eigenvalue weighted by atomic mass is 16.2. The van der Waals surface area contributed by atoms with E-state index in [2.05, 4.69) is 15.3 Å². The molecule has 1 aliphatic carbocycles. The fraction of sp³-hybridized carbons (Fsp3) is 0.625. The van der Waals surface area contributed by atoms with Crippen LogP contribution in [0.2, 0.25) is 0 Å². The monoisotopic (exact) mass is 320 g/mol. The maximum atomic E-state index is 12.4. The van der Waals surface area contributed by atoms with Crippen LogP contribution in [0.15, 0.2) is 11.0 Å². The van der Waals surface area contributed by atoms with Crippen molar-refractivity contribution >= 4 is 11.8 Å². The number of carbonyl (C=O) groups excluding carboxylic acids is 2. The third-order valence-electron chi connectivity index (χ3n) is 4.88. The first-order valence-electron chi connectivity index (χ1n) is 8.03. The molecule has 1 saturated carbocycles. The second kappa shape index (κ2) is 6.52.